The molecule has 2 aliphatic rings. The van der Waals surface area contributed by atoms with Gasteiger partial charge in [0.15, 0.2) is 0 Å². The maximum atomic E-state index is 11.1. The summed E-state index contributed by atoms with van der Waals surface area (Å²) in [5.41, 5.74) is 5.65. The molecule has 1 aliphatic carbocycles. The first-order valence-corrected chi connectivity index (χ1v) is 8.38. The molecule has 2 heterocycles. The van der Waals surface area contributed by atoms with Crippen LogP contribution in [0.25, 0.3) is 0 Å². The van der Waals surface area contributed by atoms with Crippen LogP contribution in [0.1, 0.15) is 60.8 Å². The van der Waals surface area contributed by atoms with Gasteiger partial charge in [-0.1, -0.05) is 12.8 Å². The van der Waals surface area contributed by atoms with Gasteiger partial charge in [0.25, 0.3) is 5.91 Å². The second-order valence-corrected chi connectivity index (χ2v) is 6.73. The Morgan fingerprint density at radius 2 is 2.05 bits per heavy atom. The van der Waals surface area contributed by atoms with E-state index in [0.29, 0.717) is 17.5 Å². The first-order valence-electron chi connectivity index (χ1n) is 8.38. The lowest BCUT2D eigenvalue weighted by Crippen LogP contribution is -2.40. The fourth-order valence-electron chi connectivity index (χ4n) is 3.79. The lowest BCUT2D eigenvalue weighted by atomic mass is 9.85. The van der Waals surface area contributed by atoms with Crippen LogP contribution >= 0.6 is 0 Å². The lowest BCUT2D eigenvalue weighted by Gasteiger charge is -2.36. The number of H-pyrrole nitrogens is 1. The van der Waals surface area contributed by atoms with Crippen molar-refractivity contribution in [2.45, 2.75) is 50.5 Å². The molecule has 1 aliphatic heterocycles. The van der Waals surface area contributed by atoms with E-state index in [2.05, 4.69) is 14.9 Å². The molecule has 0 aromatic carbocycles. The summed E-state index contributed by atoms with van der Waals surface area (Å²) in [7, 11) is 0. The number of nitrogens with zero attached hydrogens (tertiary/aromatic N) is 2. The summed E-state index contributed by atoms with van der Waals surface area (Å²) < 4.78 is 0. The highest BCUT2D eigenvalue weighted by atomic mass is 16.3. The van der Waals surface area contributed by atoms with E-state index in [1.807, 2.05) is 0 Å². The Morgan fingerprint density at radius 1 is 1.32 bits per heavy atom. The monoisotopic (exact) mass is 306 g/mol. The molecule has 6 heteroatoms. The molecule has 4 N–H and O–H groups in total. The van der Waals surface area contributed by atoms with Gasteiger partial charge < -0.3 is 20.7 Å². The molecule has 0 bridgehead atoms. The Bertz CT molecular complexity index is 508. The molecular formula is C16H26N4O2. The second-order valence-electron chi connectivity index (χ2n) is 6.73. The molecule has 0 radical (unpaired) electrons. The standard InChI is InChI=1S/C16H26N4O2/c17-15(22)13-9-18-16(19-13)11-5-7-20(8-6-11)10-12-3-1-2-4-14(12)21/h9,11-12,14,21H,1-8,10H2,(H2,17,22)(H,18,19). The maximum absolute atomic E-state index is 11.1. The number of rotatable bonds is 4. The Kier molecular flexibility index (Phi) is 4.78. The number of carbonyl (C=O) groups excluding carboxylic acids is 1. The van der Waals surface area contributed by atoms with Crippen LogP contribution in [0.4, 0.5) is 0 Å². The summed E-state index contributed by atoms with van der Waals surface area (Å²) in [6.45, 7) is 3.07. The molecule has 1 aromatic heterocycles. The lowest BCUT2D eigenvalue weighted by molar-refractivity contribution is 0.0409. The number of likely N-dealkylation sites (tertiary alicyclic amines) is 1. The van der Waals surface area contributed by atoms with Crippen molar-refractivity contribution in [1.82, 2.24) is 14.9 Å². The van der Waals surface area contributed by atoms with Crippen molar-refractivity contribution in [3.63, 3.8) is 0 Å². The second kappa shape index (κ2) is 6.79. The highest BCUT2D eigenvalue weighted by molar-refractivity contribution is 5.90. The quantitative estimate of drug-likeness (QED) is 0.780. The number of nitrogens with two attached hydrogens (primary N) is 1. The van der Waals surface area contributed by atoms with Crippen LogP contribution in [0.15, 0.2) is 6.20 Å². The smallest absolute Gasteiger partial charge is 0.266 e. The van der Waals surface area contributed by atoms with Gasteiger partial charge in [-0.15, -0.1) is 0 Å². The van der Waals surface area contributed by atoms with Crippen LogP contribution < -0.4 is 5.73 Å². The van der Waals surface area contributed by atoms with E-state index in [1.165, 1.54) is 19.0 Å². The number of aromatic nitrogens is 2. The van der Waals surface area contributed by atoms with Gasteiger partial charge in [0.05, 0.1) is 12.3 Å². The fraction of sp³-hybridized carbons (Fsp3) is 0.750. The molecule has 2 fully saturated rings. The Balaban J connectivity index is 1.50. The van der Waals surface area contributed by atoms with Crippen molar-refractivity contribution < 1.29 is 9.90 Å². The van der Waals surface area contributed by atoms with Crippen molar-refractivity contribution in [3.05, 3.63) is 17.7 Å². The highest BCUT2D eigenvalue weighted by Gasteiger charge is 2.28. The minimum Gasteiger partial charge on any atom is -0.393 e. The number of imidazole rings is 1. The molecule has 0 spiro atoms. The van der Waals surface area contributed by atoms with E-state index >= 15 is 0 Å². The van der Waals surface area contributed by atoms with Crippen LogP contribution in [0.2, 0.25) is 0 Å². The summed E-state index contributed by atoms with van der Waals surface area (Å²) in [5.74, 6) is 1.24. The van der Waals surface area contributed by atoms with Gasteiger partial charge in [-0.05, 0) is 44.7 Å². The van der Waals surface area contributed by atoms with Crippen LogP contribution in [-0.2, 0) is 0 Å². The summed E-state index contributed by atoms with van der Waals surface area (Å²) in [4.78, 5) is 20.9. The molecule has 122 valence electrons. The molecule has 6 nitrogen and oxygen atoms in total. The van der Waals surface area contributed by atoms with Crippen LogP contribution in [0, 0.1) is 5.92 Å². The number of aliphatic hydroxyl groups excluding tert-OH is 1. The SMILES string of the molecule is NC(=O)c1cnc(C2CCN(CC3CCCCC3O)CC2)[nH]1. The van der Waals surface area contributed by atoms with Crippen molar-refractivity contribution in [2.24, 2.45) is 11.7 Å². The Labute approximate surface area is 131 Å². The number of aliphatic hydroxyl groups is 1. The van der Waals surface area contributed by atoms with E-state index in [4.69, 9.17) is 5.73 Å². The first-order chi connectivity index (χ1) is 10.6. The zero-order valence-corrected chi connectivity index (χ0v) is 13.0. The third-order valence-electron chi connectivity index (χ3n) is 5.20. The third kappa shape index (κ3) is 3.50. The molecule has 1 amide bonds. The predicted molar refractivity (Wildman–Crippen MR) is 83.5 cm³/mol. The van der Waals surface area contributed by atoms with Crippen molar-refractivity contribution in [2.75, 3.05) is 19.6 Å². The molecule has 2 atom stereocenters. The molecular weight excluding hydrogens is 280 g/mol. The zero-order valence-electron chi connectivity index (χ0n) is 13.0. The molecule has 3 rings (SSSR count). The van der Waals surface area contributed by atoms with Gasteiger partial charge in [0.1, 0.15) is 11.5 Å². The minimum atomic E-state index is -0.456. The van der Waals surface area contributed by atoms with Crippen LogP contribution in [0.5, 0.6) is 0 Å². The van der Waals surface area contributed by atoms with Crippen molar-refractivity contribution in [1.29, 1.82) is 0 Å². The number of primary amides is 1. The number of nitrogens with one attached hydrogen (secondary N) is 1. The largest absolute Gasteiger partial charge is 0.393 e. The number of piperidine rings is 1. The van der Waals surface area contributed by atoms with Gasteiger partial charge in [-0.25, -0.2) is 4.98 Å². The van der Waals surface area contributed by atoms with Crippen LogP contribution in [-0.4, -0.2) is 51.6 Å². The normalized spacial score (nSPS) is 27.9. The van der Waals surface area contributed by atoms with E-state index in [9.17, 15) is 9.90 Å². The molecule has 1 saturated carbocycles. The first kappa shape index (κ1) is 15.5. The van der Waals surface area contributed by atoms with Crippen molar-refractivity contribution in [3.8, 4) is 0 Å². The topological polar surface area (TPSA) is 95.2 Å². The number of amides is 1. The Hall–Kier alpha value is -1.40. The fourth-order valence-corrected chi connectivity index (χ4v) is 3.79. The van der Waals surface area contributed by atoms with Gasteiger partial charge in [0, 0.05) is 12.5 Å². The summed E-state index contributed by atoms with van der Waals surface area (Å²) in [6.07, 6.45) is 8.02. The number of aromatic amines is 1. The van der Waals surface area contributed by atoms with E-state index < -0.39 is 5.91 Å². The molecule has 1 aromatic rings. The van der Waals surface area contributed by atoms with Gasteiger partial charge in [-0.3, -0.25) is 4.79 Å². The van der Waals surface area contributed by atoms with Crippen molar-refractivity contribution >= 4 is 5.91 Å². The third-order valence-corrected chi connectivity index (χ3v) is 5.20. The summed E-state index contributed by atoms with van der Waals surface area (Å²) in [6, 6.07) is 0. The van der Waals surface area contributed by atoms with E-state index in [-0.39, 0.29) is 6.10 Å². The van der Waals surface area contributed by atoms with E-state index in [0.717, 1.165) is 51.1 Å². The Morgan fingerprint density at radius 3 is 2.68 bits per heavy atom. The molecule has 1 saturated heterocycles. The van der Waals surface area contributed by atoms with Gasteiger partial charge in [-0.2, -0.15) is 0 Å². The summed E-state index contributed by atoms with van der Waals surface area (Å²) >= 11 is 0. The number of hydrogen-bond donors (Lipinski definition) is 3. The zero-order chi connectivity index (χ0) is 15.5. The average molecular weight is 306 g/mol. The van der Waals surface area contributed by atoms with E-state index in [1.54, 1.807) is 0 Å². The maximum Gasteiger partial charge on any atom is 0.266 e. The predicted octanol–water partition coefficient (Wildman–Crippen LogP) is 1.24. The van der Waals surface area contributed by atoms with Gasteiger partial charge in [0.2, 0.25) is 0 Å². The number of hydrogen-bond acceptors (Lipinski definition) is 4. The molecule has 22 heavy (non-hydrogen) atoms. The number of carbonyl (C=O) groups is 1. The van der Waals surface area contributed by atoms with Crippen LogP contribution in [0.3, 0.4) is 0 Å². The highest BCUT2D eigenvalue weighted by Crippen LogP contribution is 2.29. The van der Waals surface area contributed by atoms with Gasteiger partial charge >= 0.3 is 0 Å². The minimum absolute atomic E-state index is 0.116. The average Bonchev–Trinajstić information content (AvgIpc) is 3.00. The summed E-state index contributed by atoms with van der Waals surface area (Å²) in [5, 5.41) is 10.1. The molecule has 2 unspecified atom stereocenters.